The van der Waals surface area contributed by atoms with Crippen molar-refractivity contribution in [2.24, 2.45) is 5.92 Å². The zero-order valence-electron chi connectivity index (χ0n) is 7.19. The minimum atomic E-state index is 0.682. The molecular weight excluding hydrogens is 178 g/mol. The molecule has 0 rings (SSSR count). The molecule has 0 aliphatic heterocycles. The van der Waals surface area contributed by atoms with E-state index < -0.39 is 0 Å². The Balaban J connectivity index is 3.16. The topological polar surface area (TPSA) is 12.0 Å². The Bertz CT molecular complexity index is 117. The Morgan fingerprint density at radius 1 is 1.73 bits per heavy atom. The summed E-state index contributed by atoms with van der Waals surface area (Å²) in [5.74, 6) is 1.91. The smallest absolute Gasteiger partial charge is 0.0307 e. The van der Waals surface area contributed by atoms with E-state index in [1.807, 2.05) is 11.8 Å². The summed E-state index contributed by atoms with van der Waals surface area (Å²) in [5.41, 5.74) is 0. The van der Waals surface area contributed by atoms with Crippen LogP contribution in [0.5, 0.6) is 0 Å². The van der Waals surface area contributed by atoms with E-state index in [1.165, 1.54) is 5.75 Å². The first-order chi connectivity index (χ1) is 5.16. The number of nitrogens with one attached hydrogen (secondary N) is 1. The molecule has 0 fully saturated rings. The zero-order chi connectivity index (χ0) is 8.69. The van der Waals surface area contributed by atoms with Gasteiger partial charge in [0.25, 0.3) is 0 Å². The van der Waals surface area contributed by atoms with Crippen LogP contribution in [-0.2, 0) is 0 Å². The van der Waals surface area contributed by atoms with E-state index in [4.69, 9.17) is 11.6 Å². The van der Waals surface area contributed by atoms with Crippen LogP contribution in [0.15, 0.2) is 11.6 Å². The molecular formula is C8H16ClNS. The van der Waals surface area contributed by atoms with E-state index in [0.29, 0.717) is 11.0 Å². The van der Waals surface area contributed by atoms with Gasteiger partial charge in [0.15, 0.2) is 0 Å². The van der Waals surface area contributed by atoms with Crippen molar-refractivity contribution < 1.29 is 0 Å². The molecule has 1 N–H and O–H groups in total. The van der Waals surface area contributed by atoms with E-state index in [1.54, 1.807) is 0 Å². The van der Waals surface area contributed by atoms with Crippen LogP contribution in [0.2, 0.25) is 0 Å². The molecule has 66 valence electrons. The van der Waals surface area contributed by atoms with Crippen molar-refractivity contribution in [3.8, 4) is 0 Å². The van der Waals surface area contributed by atoms with Crippen molar-refractivity contribution in [2.75, 3.05) is 25.1 Å². The summed E-state index contributed by atoms with van der Waals surface area (Å²) < 4.78 is 0. The Morgan fingerprint density at radius 3 is 2.82 bits per heavy atom. The molecule has 0 amide bonds. The highest BCUT2D eigenvalue weighted by molar-refractivity contribution is 7.98. The fourth-order valence-electron chi connectivity index (χ4n) is 0.798. The van der Waals surface area contributed by atoms with Crippen LogP contribution in [-0.4, -0.2) is 25.1 Å². The number of hydrogen-bond donors (Lipinski definition) is 1. The summed E-state index contributed by atoms with van der Waals surface area (Å²) in [5, 5.41) is 3.91. The normalized spacial score (nSPS) is 13.0. The van der Waals surface area contributed by atoms with Gasteiger partial charge in [0.05, 0.1) is 0 Å². The molecule has 0 radical (unpaired) electrons. The molecule has 11 heavy (non-hydrogen) atoms. The predicted octanol–water partition coefficient (Wildman–Crippen LogP) is 2.33. The minimum absolute atomic E-state index is 0.682. The lowest BCUT2D eigenvalue weighted by molar-refractivity contribution is 0.584. The summed E-state index contributed by atoms with van der Waals surface area (Å²) in [6.07, 6.45) is 2.12. The summed E-state index contributed by atoms with van der Waals surface area (Å²) in [6, 6.07) is 0. The van der Waals surface area contributed by atoms with Crippen LogP contribution in [0.1, 0.15) is 6.92 Å². The number of hydrogen-bond acceptors (Lipinski definition) is 2. The van der Waals surface area contributed by atoms with Gasteiger partial charge in [-0.3, -0.25) is 0 Å². The van der Waals surface area contributed by atoms with Crippen LogP contribution in [0, 0.1) is 5.92 Å². The molecule has 3 heteroatoms. The van der Waals surface area contributed by atoms with Crippen molar-refractivity contribution in [3.05, 3.63) is 11.6 Å². The SMILES string of the molecule is C=C(Cl)CNCC(C)CSC. The third-order valence-electron chi connectivity index (χ3n) is 1.26. The molecule has 0 aliphatic rings. The highest BCUT2D eigenvalue weighted by atomic mass is 35.5. The lowest BCUT2D eigenvalue weighted by Gasteiger charge is -2.09. The highest BCUT2D eigenvalue weighted by Crippen LogP contribution is 2.02. The van der Waals surface area contributed by atoms with Crippen LogP contribution in [0.4, 0.5) is 0 Å². The van der Waals surface area contributed by atoms with Crippen molar-refractivity contribution in [3.63, 3.8) is 0 Å². The summed E-state index contributed by atoms with van der Waals surface area (Å²) in [4.78, 5) is 0. The monoisotopic (exact) mass is 193 g/mol. The Morgan fingerprint density at radius 2 is 2.36 bits per heavy atom. The van der Waals surface area contributed by atoms with Gasteiger partial charge >= 0.3 is 0 Å². The van der Waals surface area contributed by atoms with E-state index in [-0.39, 0.29) is 0 Å². The van der Waals surface area contributed by atoms with Crippen molar-refractivity contribution in [1.82, 2.24) is 5.32 Å². The van der Waals surface area contributed by atoms with E-state index in [2.05, 4.69) is 25.1 Å². The molecule has 0 saturated carbocycles. The van der Waals surface area contributed by atoms with E-state index in [9.17, 15) is 0 Å². The fraction of sp³-hybridized carbons (Fsp3) is 0.750. The predicted molar refractivity (Wildman–Crippen MR) is 55.4 cm³/mol. The Kier molecular flexibility index (Phi) is 7.23. The fourth-order valence-corrected chi connectivity index (χ4v) is 1.58. The van der Waals surface area contributed by atoms with Crippen LogP contribution in [0.3, 0.4) is 0 Å². The van der Waals surface area contributed by atoms with Gasteiger partial charge in [-0.1, -0.05) is 25.1 Å². The summed E-state index contributed by atoms with van der Waals surface area (Å²) in [7, 11) is 0. The second-order valence-electron chi connectivity index (χ2n) is 2.71. The van der Waals surface area contributed by atoms with Crippen molar-refractivity contribution in [1.29, 1.82) is 0 Å². The van der Waals surface area contributed by atoms with Gasteiger partial charge < -0.3 is 5.32 Å². The standard InChI is InChI=1S/C8H16ClNS/c1-7(6-11-3)4-10-5-8(2)9/h7,10H,2,4-6H2,1,3H3. The quantitative estimate of drug-likeness (QED) is 0.695. The van der Waals surface area contributed by atoms with Gasteiger partial charge in [-0.25, -0.2) is 0 Å². The molecule has 1 unspecified atom stereocenters. The average Bonchev–Trinajstić information content (AvgIpc) is 1.87. The molecule has 0 aromatic rings. The summed E-state index contributed by atoms with van der Waals surface area (Å²) in [6.45, 7) is 7.56. The van der Waals surface area contributed by atoms with Crippen LogP contribution >= 0.6 is 23.4 Å². The molecule has 0 saturated heterocycles. The molecule has 0 aliphatic carbocycles. The maximum absolute atomic E-state index is 5.58. The first-order valence-electron chi connectivity index (χ1n) is 3.69. The van der Waals surface area contributed by atoms with Gasteiger partial charge in [0, 0.05) is 11.6 Å². The van der Waals surface area contributed by atoms with E-state index in [0.717, 1.165) is 13.1 Å². The van der Waals surface area contributed by atoms with Gasteiger partial charge in [-0.05, 0) is 24.5 Å². The molecule has 1 nitrogen and oxygen atoms in total. The van der Waals surface area contributed by atoms with Gasteiger partial charge in [0.1, 0.15) is 0 Å². The first-order valence-corrected chi connectivity index (χ1v) is 5.47. The maximum Gasteiger partial charge on any atom is 0.0307 e. The average molecular weight is 194 g/mol. The lowest BCUT2D eigenvalue weighted by Crippen LogP contribution is -2.23. The number of thioether (sulfide) groups is 1. The molecule has 0 aromatic heterocycles. The van der Waals surface area contributed by atoms with Crippen molar-refractivity contribution >= 4 is 23.4 Å². The molecule has 0 aromatic carbocycles. The molecule has 0 spiro atoms. The zero-order valence-corrected chi connectivity index (χ0v) is 8.76. The largest absolute Gasteiger partial charge is 0.312 e. The Hall–Kier alpha value is 0.340. The van der Waals surface area contributed by atoms with Crippen molar-refractivity contribution in [2.45, 2.75) is 6.92 Å². The minimum Gasteiger partial charge on any atom is -0.312 e. The third-order valence-corrected chi connectivity index (χ3v) is 2.30. The van der Waals surface area contributed by atoms with Crippen LogP contribution in [0.25, 0.3) is 0 Å². The molecule has 1 atom stereocenters. The lowest BCUT2D eigenvalue weighted by atomic mass is 10.2. The number of rotatable bonds is 6. The Labute approximate surface area is 78.6 Å². The first kappa shape index (κ1) is 11.3. The molecule has 0 bridgehead atoms. The number of halogens is 1. The van der Waals surface area contributed by atoms with Gasteiger partial charge in [-0.15, -0.1) is 0 Å². The summed E-state index contributed by atoms with van der Waals surface area (Å²) >= 11 is 7.45. The second-order valence-corrected chi connectivity index (χ2v) is 4.15. The van der Waals surface area contributed by atoms with Gasteiger partial charge in [-0.2, -0.15) is 11.8 Å². The van der Waals surface area contributed by atoms with Gasteiger partial charge in [0.2, 0.25) is 0 Å². The second kappa shape index (κ2) is 7.01. The molecule has 0 heterocycles. The maximum atomic E-state index is 5.58. The van der Waals surface area contributed by atoms with E-state index >= 15 is 0 Å². The highest BCUT2D eigenvalue weighted by Gasteiger charge is 1.99. The van der Waals surface area contributed by atoms with Crippen LogP contribution < -0.4 is 5.32 Å². The third kappa shape index (κ3) is 8.24.